The average molecular weight is 312 g/mol. The number of hydrogen-bond acceptors (Lipinski definition) is 8. The van der Waals surface area contributed by atoms with Gasteiger partial charge in [0.15, 0.2) is 23.0 Å². The lowest BCUT2D eigenvalue weighted by Gasteiger charge is -2.31. The van der Waals surface area contributed by atoms with Crippen molar-refractivity contribution in [2.75, 3.05) is 28.4 Å². The molecule has 120 valence electrons. The Kier molecular flexibility index (Phi) is 4.59. The first-order valence-electron chi connectivity index (χ1n) is 6.30. The minimum absolute atomic E-state index is 0.230. The van der Waals surface area contributed by atoms with Crippen molar-refractivity contribution < 1.29 is 38.0 Å². The molecule has 0 saturated carbocycles. The highest BCUT2D eigenvalue weighted by molar-refractivity contribution is 5.87. The molecule has 2 rings (SSSR count). The van der Waals surface area contributed by atoms with Crippen molar-refractivity contribution in [1.82, 2.24) is 0 Å². The van der Waals surface area contributed by atoms with Crippen LogP contribution in [0, 0.1) is 0 Å². The van der Waals surface area contributed by atoms with Crippen molar-refractivity contribution in [1.29, 1.82) is 0 Å². The summed E-state index contributed by atoms with van der Waals surface area (Å²) < 4.78 is 30.6. The summed E-state index contributed by atoms with van der Waals surface area (Å²) in [6.45, 7) is 0. The van der Waals surface area contributed by atoms with Gasteiger partial charge in [-0.05, 0) is 0 Å². The molecule has 0 radical (unpaired) electrons. The van der Waals surface area contributed by atoms with Gasteiger partial charge in [-0.25, -0.2) is 9.59 Å². The highest BCUT2D eigenvalue weighted by atomic mass is 16.6. The van der Waals surface area contributed by atoms with Crippen LogP contribution in [0.1, 0.15) is 0 Å². The van der Waals surface area contributed by atoms with E-state index in [2.05, 4.69) is 9.47 Å². The van der Waals surface area contributed by atoms with E-state index >= 15 is 0 Å². The van der Waals surface area contributed by atoms with Gasteiger partial charge in [0.25, 0.3) is 0 Å². The number of benzene rings is 1. The number of methoxy groups -OCH3 is 4. The van der Waals surface area contributed by atoms with Crippen molar-refractivity contribution in [2.24, 2.45) is 0 Å². The van der Waals surface area contributed by atoms with Gasteiger partial charge in [0.2, 0.25) is 12.2 Å². The fourth-order valence-electron chi connectivity index (χ4n) is 2.00. The van der Waals surface area contributed by atoms with E-state index in [4.69, 9.17) is 18.9 Å². The third-order valence-corrected chi connectivity index (χ3v) is 3.10. The Morgan fingerprint density at radius 3 is 1.45 bits per heavy atom. The highest BCUT2D eigenvalue weighted by Gasteiger charge is 2.44. The Balaban J connectivity index is 2.43. The molecule has 8 heteroatoms. The van der Waals surface area contributed by atoms with E-state index in [0.29, 0.717) is 11.5 Å². The van der Waals surface area contributed by atoms with E-state index in [-0.39, 0.29) is 11.5 Å². The molecule has 2 unspecified atom stereocenters. The van der Waals surface area contributed by atoms with Crippen LogP contribution in [0.25, 0.3) is 0 Å². The third-order valence-electron chi connectivity index (χ3n) is 3.10. The molecular formula is C14H16O8. The number of fused-ring (bicyclic) bond motifs is 1. The molecule has 0 aliphatic carbocycles. The summed E-state index contributed by atoms with van der Waals surface area (Å²) in [6.07, 6.45) is -2.55. The van der Waals surface area contributed by atoms with Crippen molar-refractivity contribution in [3.8, 4) is 23.0 Å². The van der Waals surface area contributed by atoms with Crippen LogP contribution in [-0.4, -0.2) is 52.6 Å². The van der Waals surface area contributed by atoms with Gasteiger partial charge in [-0.15, -0.1) is 0 Å². The second-order valence-corrected chi connectivity index (χ2v) is 4.28. The van der Waals surface area contributed by atoms with Gasteiger partial charge in [-0.2, -0.15) is 0 Å². The molecule has 0 bridgehead atoms. The smallest absolute Gasteiger partial charge is 0.351 e. The van der Waals surface area contributed by atoms with Gasteiger partial charge < -0.3 is 28.4 Å². The number of rotatable bonds is 4. The number of hydrogen-bond donors (Lipinski definition) is 0. The van der Waals surface area contributed by atoms with Crippen LogP contribution in [0.4, 0.5) is 0 Å². The Morgan fingerprint density at radius 1 is 0.818 bits per heavy atom. The van der Waals surface area contributed by atoms with Gasteiger partial charge in [-0.3, -0.25) is 0 Å². The molecular weight excluding hydrogens is 296 g/mol. The molecule has 0 saturated heterocycles. The fourth-order valence-corrected chi connectivity index (χ4v) is 2.00. The normalized spacial score (nSPS) is 19.1. The molecule has 1 heterocycles. The fraction of sp³-hybridized carbons (Fsp3) is 0.429. The topological polar surface area (TPSA) is 89.5 Å². The van der Waals surface area contributed by atoms with Gasteiger partial charge >= 0.3 is 11.9 Å². The maximum atomic E-state index is 11.8. The van der Waals surface area contributed by atoms with E-state index in [0.717, 1.165) is 0 Å². The summed E-state index contributed by atoms with van der Waals surface area (Å²) in [4.78, 5) is 23.6. The van der Waals surface area contributed by atoms with E-state index in [9.17, 15) is 9.59 Å². The SMILES string of the molecule is COC(=O)C1Oc2cc(OC)c(OC)cc2OC1C(=O)OC. The molecule has 0 amide bonds. The predicted octanol–water partition coefficient (Wildman–Crippen LogP) is 0.558. The highest BCUT2D eigenvalue weighted by Crippen LogP contribution is 2.43. The summed E-state index contributed by atoms with van der Waals surface area (Å²) in [5, 5.41) is 0. The van der Waals surface area contributed by atoms with Crippen molar-refractivity contribution in [2.45, 2.75) is 12.2 Å². The zero-order valence-electron chi connectivity index (χ0n) is 12.6. The lowest BCUT2D eigenvalue weighted by atomic mass is 10.1. The van der Waals surface area contributed by atoms with Gasteiger partial charge in [-0.1, -0.05) is 0 Å². The second-order valence-electron chi connectivity index (χ2n) is 4.28. The van der Waals surface area contributed by atoms with E-state index < -0.39 is 24.1 Å². The maximum Gasteiger partial charge on any atom is 0.351 e. The molecule has 1 aliphatic rings. The molecule has 1 aliphatic heterocycles. The zero-order valence-corrected chi connectivity index (χ0v) is 12.6. The summed E-state index contributed by atoms with van der Waals surface area (Å²) >= 11 is 0. The second kappa shape index (κ2) is 6.42. The number of ether oxygens (including phenoxy) is 6. The number of carbonyl (C=O) groups is 2. The minimum Gasteiger partial charge on any atom is -0.493 e. The van der Waals surface area contributed by atoms with Crippen LogP contribution < -0.4 is 18.9 Å². The minimum atomic E-state index is -1.27. The van der Waals surface area contributed by atoms with Crippen molar-refractivity contribution >= 4 is 11.9 Å². The van der Waals surface area contributed by atoms with E-state index in [1.165, 1.54) is 40.6 Å². The van der Waals surface area contributed by atoms with Crippen LogP contribution in [0.2, 0.25) is 0 Å². The van der Waals surface area contributed by atoms with Crippen LogP contribution in [-0.2, 0) is 19.1 Å². The Morgan fingerprint density at radius 2 is 1.18 bits per heavy atom. The van der Waals surface area contributed by atoms with Crippen LogP contribution in [0.5, 0.6) is 23.0 Å². The third kappa shape index (κ3) is 2.72. The molecule has 0 fully saturated rings. The summed E-state index contributed by atoms with van der Waals surface area (Å²) in [5.74, 6) is -0.261. The molecule has 0 spiro atoms. The summed E-state index contributed by atoms with van der Waals surface area (Å²) in [7, 11) is 5.29. The maximum absolute atomic E-state index is 11.8. The first-order valence-corrected chi connectivity index (χ1v) is 6.30. The Hall–Kier alpha value is -2.64. The molecule has 0 aromatic heterocycles. The van der Waals surface area contributed by atoms with Crippen LogP contribution in [0.3, 0.4) is 0 Å². The Labute approximate surface area is 126 Å². The monoisotopic (exact) mass is 312 g/mol. The summed E-state index contributed by atoms with van der Waals surface area (Å²) in [5.41, 5.74) is 0. The first-order chi connectivity index (χ1) is 10.5. The predicted molar refractivity (Wildman–Crippen MR) is 72.4 cm³/mol. The lowest BCUT2D eigenvalue weighted by Crippen LogP contribution is -2.50. The largest absolute Gasteiger partial charge is 0.493 e. The molecule has 22 heavy (non-hydrogen) atoms. The molecule has 0 N–H and O–H groups in total. The standard InChI is InChI=1S/C14H16O8/c1-17-7-5-9-10(6-8(7)18-2)22-12(14(16)20-4)11(21-9)13(15)19-3/h5-6,11-12H,1-4H3. The van der Waals surface area contributed by atoms with Crippen molar-refractivity contribution in [3.05, 3.63) is 12.1 Å². The van der Waals surface area contributed by atoms with Gasteiger partial charge in [0.1, 0.15) is 0 Å². The quantitative estimate of drug-likeness (QED) is 0.745. The first kappa shape index (κ1) is 15.7. The van der Waals surface area contributed by atoms with E-state index in [1.807, 2.05) is 0 Å². The number of carbonyl (C=O) groups excluding carboxylic acids is 2. The molecule has 2 atom stereocenters. The summed E-state index contributed by atoms with van der Waals surface area (Å²) in [6, 6.07) is 3.00. The molecule has 8 nitrogen and oxygen atoms in total. The Bertz CT molecular complexity index is 531. The van der Waals surface area contributed by atoms with Gasteiger partial charge in [0.05, 0.1) is 28.4 Å². The van der Waals surface area contributed by atoms with Crippen molar-refractivity contribution in [3.63, 3.8) is 0 Å². The van der Waals surface area contributed by atoms with Gasteiger partial charge in [0, 0.05) is 12.1 Å². The zero-order chi connectivity index (χ0) is 16.3. The van der Waals surface area contributed by atoms with Crippen LogP contribution in [0.15, 0.2) is 12.1 Å². The molecule has 1 aromatic rings. The molecule has 1 aromatic carbocycles. The number of esters is 2. The lowest BCUT2D eigenvalue weighted by molar-refractivity contribution is -0.168. The van der Waals surface area contributed by atoms with Crippen LogP contribution >= 0.6 is 0 Å². The average Bonchev–Trinajstić information content (AvgIpc) is 2.57. The van der Waals surface area contributed by atoms with E-state index in [1.54, 1.807) is 0 Å².